The number of hydrogen-bond donors (Lipinski definition) is 1. The Morgan fingerprint density at radius 2 is 1.88 bits per heavy atom. The van der Waals surface area contributed by atoms with Gasteiger partial charge in [-0.1, -0.05) is 54.1 Å². The van der Waals surface area contributed by atoms with E-state index in [2.05, 4.69) is 42.3 Å². The van der Waals surface area contributed by atoms with Gasteiger partial charge in [0, 0.05) is 12.6 Å². The molecular formula is C21H26N2O. The van der Waals surface area contributed by atoms with Crippen molar-refractivity contribution in [2.24, 2.45) is 0 Å². The van der Waals surface area contributed by atoms with E-state index in [9.17, 15) is 4.79 Å². The molecule has 0 radical (unpaired) electrons. The molecule has 1 amide bonds. The minimum atomic E-state index is -0.257. The van der Waals surface area contributed by atoms with E-state index in [-0.39, 0.29) is 11.9 Å². The number of nitrogens with one attached hydrogen (secondary N) is 1. The summed E-state index contributed by atoms with van der Waals surface area (Å²) in [5, 5.41) is 3.16. The summed E-state index contributed by atoms with van der Waals surface area (Å²) in [4.78, 5) is 15.0. The number of aryl methyl sites for hydroxylation is 2. The average Bonchev–Trinajstić information content (AvgIpc) is 3.35. The highest BCUT2D eigenvalue weighted by molar-refractivity contribution is 5.83. The highest BCUT2D eigenvalue weighted by Crippen LogP contribution is 2.26. The van der Waals surface area contributed by atoms with Crippen LogP contribution in [0.15, 0.2) is 48.5 Å². The minimum Gasteiger partial charge on any atom is -0.352 e. The first-order valence-corrected chi connectivity index (χ1v) is 8.66. The van der Waals surface area contributed by atoms with E-state index < -0.39 is 0 Å². The molecule has 126 valence electrons. The van der Waals surface area contributed by atoms with Crippen molar-refractivity contribution in [3.05, 3.63) is 70.8 Å². The molecule has 1 aliphatic rings. The van der Waals surface area contributed by atoms with Crippen molar-refractivity contribution in [1.29, 1.82) is 0 Å². The van der Waals surface area contributed by atoms with Crippen molar-refractivity contribution in [2.75, 3.05) is 7.05 Å². The van der Waals surface area contributed by atoms with E-state index in [0.717, 1.165) is 24.9 Å². The van der Waals surface area contributed by atoms with Crippen molar-refractivity contribution in [1.82, 2.24) is 10.2 Å². The molecule has 24 heavy (non-hydrogen) atoms. The molecule has 0 unspecified atom stereocenters. The zero-order valence-corrected chi connectivity index (χ0v) is 14.8. The average molecular weight is 322 g/mol. The van der Waals surface area contributed by atoms with Gasteiger partial charge in [0.05, 0.1) is 0 Å². The molecule has 0 heterocycles. The number of likely N-dealkylation sites (N-methyl/N-ethyl adjacent to an activating group) is 1. The molecule has 3 heteroatoms. The van der Waals surface area contributed by atoms with Gasteiger partial charge in [-0.15, -0.1) is 0 Å². The summed E-state index contributed by atoms with van der Waals surface area (Å²) < 4.78 is 0. The number of nitrogens with zero attached hydrogens (tertiary/aromatic N) is 1. The molecule has 0 bridgehead atoms. The third kappa shape index (κ3) is 4.04. The van der Waals surface area contributed by atoms with Crippen LogP contribution < -0.4 is 5.32 Å². The Labute approximate surface area is 144 Å². The second kappa shape index (κ2) is 7.18. The van der Waals surface area contributed by atoms with Crippen molar-refractivity contribution in [3.63, 3.8) is 0 Å². The molecule has 1 saturated carbocycles. The smallest absolute Gasteiger partial charge is 0.242 e. The van der Waals surface area contributed by atoms with Crippen LogP contribution in [0.25, 0.3) is 0 Å². The van der Waals surface area contributed by atoms with Gasteiger partial charge >= 0.3 is 0 Å². The summed E-state index contributed by atoms with van der Waals surface area (Å²) >= 11 is 0. The van der Waals surface area contributed by atoms with Crippen LogP contribution in [0.5, 0.6) is 0 Å². The van der Waals surface area contributed by atoms with E-state index in [1.165, 1.54) is 16.7 Å². The summed E-state index contributed by atoms with van der Waals surface area (Å²) in [5.41, 5.74) is 4.85. The van der Waals surface area contributed by atoms with Gasteiger partial charge in [0.1, 0.15) is 6.04 Å². The first kappa shape index (κ1) is 16.7. The fourth-order valence-corrected chi connectivity index (χ4v) is 3.13. The third-order valence-electron chi connectivity index (χ3n) is 4.65. The molecule has 2 aromatic carbocycles. The maximum atomic E-state index is 12.8. The molecule has 1 atom stereocenters. The lowest BCUT2D eigenvalue weighted by Gasteiger charge is -2.28. The van der Waals surface area contributed by atoms with E-state index in [4.69, 9.17) is 0 Å². The fraction of sp³-hybridized carbons (Fsp3) is 0.381. The molecule has 1 N–H and O–H groups in total. The van der Waals surface area contributed by atoms with Crippen LogP contribution >= 0.6 is 0 Å². The van der Waals surface area contributed by atoms with E-state index in [0.29, 0.717) is 6.04 Å². The molecule has 0 spiro atoms. The standard InChI is InChI=1S/C21H26N2O/c1-15-9-10-18(16(2)13-15)14-23(3)20(17-7-5-4-6-8-17)21(24)22-19-11-12-19/h4-10,13,19-20H,11-12,14H2,1-3H3,(H,22,24)/t20-/m0/s1. The zero-order valence-electron chi connectivity index (χ0n) is 14.8. The SMILES string of the molecule is Cc1ccc(CN(C)[C@H](C(=O)NC2CC2)c2ccccc2)c(C)c1. The maximum Gasteiger partial charge on any atom is 0.242 e. The molecule has 3 nitrogen and oxygen atoms in total. The van der Waals surface area contributed by atoms with Crippen LogP contribution in [0.2, 0.25) is 0 Å². The Balaban J connectivity index is 1.82. The highest BCUT2D eigenvalue weighted by Gasteiger charge is 2.30. The van der Waals surface area contributed by atoms with E-state index >= 15 is 0 Å². The lowest BCUT2D eigenvalue weighted by Crippen LogP contribution is -2.39. The Hall–Kier alpha value is -2.13. The zero-order chi connectivity index (χ0) is 17.1. The van der Waals surface area contributed by atoms with Gasteiger partial charge in [-0.2, -0.15) is 0 Å². The Bertz CT molecular complexity index is 707. The van der Waals surface area contributed by atoms with Gasteiger partial charge in [-0.3, -0.25) is 9.69 Å². The van der Waals surface area contributed by atoms with Crippen molar-refractivity contribution >= 4 is 5.91 Å². The third-order valence-corrected chi connectivity index (χ3v) is 4.65. The Morgan fingerprint density at radius 3 is 2.50 bits per heavy atom. The van der Waals surface area contributed by atoms with Crippen molar-refractivity contribution in [3.8, 4) is 0 Å². The van der Waals surface area contributed by atoms with E-state index in [1.807, 2.05) is 37.4 Å². The summed E-state index contributed by atoms with van der Waals surface area (Å²) in [6.45, 7) is 5.00. The quantitative estimate of drug-likeness (QED) is 0.878. The van der Waals surface area contributed by atoms with Crippen LogP contribution in [0.4, 0.5) is 0 Å². The molecule has 1 fully saturated rings. The normalized spacial score (nSPS) is 15.3. The predicted molar refractivity (Wildman–Crippen MR) is 97.7 cm³/mol. The number of rotatable bonds is 6. The molecule has 0 saturated heterocycles. The van der Waals surface area contributed by atoms with Crippen LogP contribution in [0, 0.1) is 13.8 Å². The van der Waals surface area contributed by atoms with Gasteiger partial charge in [-0.25, -0.2) is 0 Å². The van der Waals surface area contributed by atoms with Gasteiger partial charge in [0.2, 0.25) is 5.91 Å². The second-order valence-electron chi connectivity index (χ2n) is 6.94. The Kier molecular flexibility index (Phi) is 5.00. The first-order valence-electron chi connectivity index (χ1n) is 8.66. The number of hydrogen-bond acceptors (Lipinski definition) is 2. The molecule has 3 rings (SSSR count). The second-order valence-corrected chi connectivity index (χ2v) is 6.94. The summed E-state index contributed by atoms with van der Waals surface area (Å²) in [6, 6.07) is 16.7. The number of carbonyl (C=O) groups excluding carboxylic acids is 1. The predicted octanol–water partition coefficient (Wildman–Crippen LogP) is 3.76. The maximum absolute atomic E-state index is 12.8. The molecule has 2 aromatic rings. The summed E-state index contributed by atoms with van der Waals surface area (Å²) in [7, 11) is 2.03. The lowest BCUT2D eigenvalue weighted by molar-refractivity contribution is -0.126. The van der Waals surface area contributed by atoms with Gasteiger partial charge in [-0.05, 0) is 50.4 Å². The van der Waals surface area contributed by atoms with Gasteiger partial charge in [0.25, 0.3) is 0 Å². The van der Waals surface area contributed by atoms with Gasteiger partial charge < -0.3 is 5.32 Å². The van der Waals surface area contributed by atoms with E-state index in [1.54, 1.807) is 0 Å². The monoisotopic (exact) mass is 322 g/mol. The van der Waals surface area contributed by atoms with Crippen LogP contribution in [0.1, 0.15) is 41.1 Å². The van der Waals surface area contributed by atoms with Crippen molar-refractivity contribution in [2.45, 2.75) is 45.3 Å². The molecule has 1 aliphatic carbocycles. The lowest BCUT2D eigenvalue weighted by atomic mass is 10.0. The van der Waals surface area contributed by atoms with Crippen LogP contribution in [0.3, 0.4) is 0 Å². The topological polar surface area (TPSA) is 32.3 Å². The van der Waals surface area contributed by atoms with Gasteiger partial charge in [0.15, 0.2) is 0 Å². The van der Waals surface area contributed by atoms with Crippen molar-refractivity contribution < 1.29 is 4.79 Å². The van der Waals surface area contributed by atoms with Crippen LogP contribution in [-0.4, -0.2) is 23.9 Å². The summed E-state index contributed by atoms with van der Waals surface area (Å²) in [5.74, 6) is 0.107. The molecule has 0 aromatic heterocycles. The minimum absolute atomic E-state index is 0.107. The summed E-state index contributed by atoms with van der Waals surface area (Å²) in [6.07, 6.45) is 2.21. The van der Waals surface area contributed by atoms with Crippen LogP contribution in [-0.2, 0) is 11.3 Å². The number of amides is 1. The Morgan fingerprint density at radius 1 is 1.17 bits per heavy atom. The fourth-order valence-electron chi connectivity index (χ4n) is 3.13. The number of carbonyl (C=O) groups is 1. The highest BCUT2D eigenvalue weighted by atomic mass is 16.2. The molecule has 0 aliphatic heterocycles. The first-order chi connectivity index (χ1) is 11.5. The number of benzene rings is 2. The largest absolute Gasteiger partial charge is 0.352 e. The molecular weight excluding hydrogens is 296 g/mol.